The van der Waals surface area contributed by atoms with Gasteiger partial charge in [-0.1, -0.05) is 25.1 Å². The van der Waals surface area contributed by atoms with Crippen molar-refractivity contribution >= 4 is 12.0 Å². The second-order valence-corrected chi connectivity index (χ2v) is 2.66. The van der Waals surface area contributed by atoms with Crippen LogP contribution in [0.2, 0.25) is 0 Å². The molecule has 1 aromatic rings. The van der Waals surface area contributed by atoms with Gasteiger partial charge in [0.25, 0.3) is 5.78 Å². The third-order valence-electron chi connectivity index (χ3n) is 1.79. The molecule has 0 spiro atoms. The summed E-state index contributed by atoms with van der Waals surface area (Å²) in [5, 5.41) is 0. The van der Waals surface area contributed by atoms with Crippen molar-refractivity contribution in [2.75, 3.05) is 0 Å². The molecular formula is C10H10N2O. The van der Waals surface area contributed by atoms with Gasteiger partial charge < -0.3 is 5.53 Å². The van der Waals surface area contributed by atoms with Gasteiger partial charge in [0.15, 0.2) is 0 Å². The third-order valence-corrected chi connectivity index (χ3v) is 1.79. The lowest BCUT2D eigenvalue weighted by molar-refractivity contribution is 0.00235. The predicted octanol–water partition coefficient (Wildman–Crippen LogP) is 1.73. The number of rotatable bonds is 3. The van der Waals surface area contributed by atoms with Crippen LogP contribution in [0.3, 0.4) is 0 Å². The van der Waals surface area contributed by atoms with Crippen LogP contribution < -0.4 is 0 Å². The lowest BCUT2D eigenvalue weighted by atomic mass is 10.1. The van der Waals surface area contributed by atoms with Gasteiger partial charge in [-0.05, 0) is 18.1 Å². The molecule has 0 heterocycles. The maximum absolute atomic E-state index is 11.2. The van der Waals surface area contributed by atoms with E-state index in [9.17, 15) is 4.79 Å². The van der Waals surface area contributed by atoms with Crippen molar-refractivity contribution in [3.63, 3.8) is 0 Å². The molecule has 3 nitrogen and oxygen atoms in total. The van der Waals surface area contributed by atoms with Gasteiger partial charge in [0.2, 0.25) is 0 Å². The predicted molar refractivity (Wildman–Crippen MR) is 49.8 cm³/mol. The van der Waals surface area contributed by atoms with Crippen LogP contribution in [0, 0.1) is 0 Å². The number of aryl methyl sites for hydroxylation is 1. The summed E-state index contributed by atoms with van der Waals surface area (Å²) >= 11 is 0. The van der Waals surface area contributed by atoms with E-state index in [1.807, 2.05) is 19.1 Å². The number of carbonyl (C=O) groups excluding carboxylic acids is 1. The molecule has 0 unspecified atom stereocenters. The van der Waals surface area contributed by atoms with Gasteiger partial charge in [0.1, 0.15) is 0 Å². The number of carbonyl (C=O) groups is 1. The van der Waals surface area contributed by atoms with Gasteiger partial charge in [-0.25, -0.2) is 0 Å². The molecule has 66 valence electrons. The van der Waals surface area contributed by atoms with E-state index < -0.39 is 0 Å². The van der Waals surface area contributed by atoms with Crippen LogP contribution in [-0.4, -0.2) is 16.8 Å². The van der Waals surface area contributed by atoms with Crippen LogP contribution in [0.15, 0.2) is 24.3 Å². The molecule has 0 aliphatic heterocycles. The number of benzene rings is 1. The highest BCUT2D eigenvalue weighted by Crippen LogP contribution is 2.05. The Bertz CT molecular complexity index is 365. The molecule has 1 rings (SSSR count). The zero-order chi connectivity index (χ0) is 9.68. The van der Waals surface area contributed by atoms with Gasteiger partial charge in [-0.3, -0.25) is 4.79 Å². The minimum absolute atomic E-state index is 0.280. The van der Waals surface area contributed by atoms with Crippen LogP contribution in [-0.2, 0) is 6.42 Å². The van der Waals surface area contributed by atoms with Crippen LogP contribution in [0.1, 0.15) is 22.8 Å². The first kappa shape index (κ1) is 9.36. The van der Waals surface area contributed by atoms with Crippen LogP contribution in [0.25, 0.3) is 5.53 Å². The highest BCUT2D eigenvalue weighted by Gasteiger charge is 2.06. The Hall–Kier alpha value is -1.73. The number of hydrogen-bond acceptors (Lipinski definition) is 1. The normalized spacial score (nSPS) is 9.00. The lowest BCUT2D eigenvalue weighted by Crippen LogP contribution is -2.01. The highest BCUT2D eigenvalue weighted by atomic mass is 16.1. The van der Waals surface area contributed by atoms with Crippen molar-refractivity contribution in [2.45, 2.75) is 13.3 Å². The highest BCUT2D eigenvalue weighted by molar-refractivity contribution is 6.33. The standard InChI is InChI=1S/C10H10N2O/c1-2-8-4-3-5-9(6-8)10(13)7-12-11/h3-7H,2H2,1H3. The fourth-order valence-electron chi connectivity index (χ4n) is 1.07. The third kappa shape index (κ3) is 2.36. The quantitative estimate of drug-likeness (QED) is 0.298. The zero-order valence-electron chi connectivity index (χ0n) is 7.40. The van der Waals surface area contributed by atoms with Crippen LogP contribution >= 0.6 is 0 Å². The molecular weight excluding hydrogens is 164 g/mol. The smallest absolute Gasteiger partial charge is 0.328 e. The summed E-state index contributed by atoms with van der Waals surface area (Å²) in [6, 6.07) is 7.26. The second-order valence-electron chi connectivity index (χ2n) is 2.66. The Labute approximate surface area is 76.6 Å². The Balaban J connectivity index is 3.01. The summed E-state index contributed by atoms with van der Waals surface area (Å²) in [5.41, 5.74) is 9.82. The van der Waals surface area contributed by atoms with E-state index in [0.717, 1.165) is 18.2 Å². The first-order valence-electron chi connectivity index (χ1n) is 4.08. The van der Waals surface area contributed by atoms with Crippen molar-refractivity contribution in [1.29, 1.82) is 0 Å². The monoisotopic (exact) mass is 174 g/mol. The zero-order valence-corrected chi connectivity index (χ0v) is 7.40. The molecule has 0 aromatic heterocycles. The van der Waals surface area contributed by atoms with E-state index in [0.29, 0.717) is 5.56 Å². The molecule has 0 radical (unpaired) electrons. The van der Waals surface area contributed by atoms with Gasteiger partial charge in [-0.15, -0.1) is 0 Å². The summed E-state index contributed by atoms with van der Waals surface area (Å²) in [6.45, 7) is 2.02. The van der Waals surface area contributed by atoms with Crippen molar-refractivity contribution in [3.8, 4) is 0 Å². The SMILES string of the molecule is CCc1cccc(C(=O)C=[N+]=[N-])c1. The molecule has 1 aromatic carbocycles. The van der Waals surface area contributed by atoms with E-state index in [1.54, 1.807) is 12.1 Å². The molecule has 0 saturated heterocycles. The molecule has 0 fully saturated rings. The number of Topliss-reactive ketones (excluding diaryl/α,β-unsaturated/α-hetero) is 1. The lowest BCUT2D eigenvalue weighted by Gasteiger charge is -1.96. The van der Waals surface area contributed by atoms with Crippen LogP contribution in [0.5, 0.6) is 0 Å². The van der Waals surface area contributed by atoms with E-state index in [2.05, 4.69) is 4.79 Å². The van der Waals surface area contributed by atoms with E-state index in [4.69, 9.17) is 5.53 Å². The Morgan fingerprint density at radius 3 is 3.00 bits per heavy atom. The fourth-order valence-corrected chi connectivity index (χ4v) is 1.07. The molecule has 0 aliphatic rings. The molecule has 3 heteroatoms. The summed E-state index contributed by atoms with van der Waals surface area (Å²) in [5.74, 6) is -0.280. The molecule has 13 heavy (non-hydrogen) atoms. The van der Waals surface area contributed by atoms with E-state index in [-0.39, 0.29) is 5.78 Å². The molecule has 0 atom stereocenters. The van der Waals surface area contributed by atoms with Gasteiger partial charge in [-0.2, -0.15) is 4.79 Å². The van der Waals surface area contributed by atoms with E-state index in [1.165, 1.54) is 0 Å². The minimum atomic E-state index is -0.280. The van der Waals surface area contributed by atoms with Crippen LogP contribution in [0.4, 0.5) is 0 Å². The van der Waals surface area contributed by atoms with Crippen molar-refractivity contribution in [3.05, 3.63) is 40.9 Å². The number of nitrogens with zero attached hydrogens (tertiary/aromatic N) is 2. The average Bonchev–Trinajstić information content (AvgIpc) is 2.18. The Morgan fingerprint density at radius 1 is 1.62 bits per heavy atom. The summed E-state index contributed by atoms with van der Waals surface area (Å²) < 4.78 is 0. The number of hydrogen-bond donors (Lipinski definition) is 0. The fraction of sp³-hybridized carbons (Fsp3) is 0.200. The van der Waals surface area contributed by atoms with Crippen molar-refractivity contribution in [1.82, 2.24) is 0 Å². The second kappa shape index (κ2) is 4.33. The summed E-state index contributed by atoms with van der Waals surface area (Å²) in [4.78, 5) is 13.9. The molecule has 0 aliphatic carbocycles. The first-order valence-corrected chi connectivity index (χ1v) is 4.08. The van der Waals surface area contributed by atoms with Gasteiger partial charge in [0.05, 0.1) is 0 Å². The largest absolute Gasteiger partial charge is 0.361 e. The van der Waals surface area contributed by atoms with Gasteiger partial charge >= 0.3 is 6.21 Å². The molecule has 0 N–H and O–H groups in total. The minimum Gasteiger partial charge on any atom is -0.361 e. The molecule has 0 amide bonds. The average molecular weight is 174 g/mol. The molecule has 0 saturated carbocycles. The summed E-state index contributed by atoms with van der Waals surface area (Å²) in [7, 11) is 0. The Kier molecular flexibility index (Phi) is 3.12. The maximum Gasteiger partial charge on any atom is 0.328 e. The maximum atomic E-state index is 11.2. The topological polar surface area (TPSA) is 53.5 Å². The van der Waals surface area contributed by atoms with E-state index >= 15 is 0 Å². The van der Waals surface area contributed by atoms with Crippen molar-refractivity contribution < 1.29 is 9.58 Å². The first-order chi connectivity index (χ1) is 6.27. The number of ketones is 1. The van der Waals surface area contributed by atoms with Gasteiger partial charge in [0, 0.05) is 5.56 Å². The summed E-state index contributed by atoms with van der Waals surface area (Å²) in [6.07, 6.45) is 1.78. The molecule has 0 bridgehead atoms. The Morgan fingerprint density at radius 2 is 2.38 bits per heavy atom. The van der Waals surface area contributed by atoms with Crippen molar-refractivity contribution in [2.24, 2.45) is 0 Å².